The normalized spacial score (nSPS) is 10.7. The van der Waals surface area contributed by atoms with Crippen LogP contribution in [0.15, 0.2) is 46.9 Å². The molecule has 3 aromatic rings. The number of hydrogen-bond donors (Lipinski definition) is 1. The highest BCUT2D eigenvalue weighted by Gasteiger charge is 2.11. The van der Waals surface area contributed by atoms with E-state index < -0.39 is 17.5 Å². The van der Waals surface area contributed by atoms with Gasteiger partial charge in [-0.15, -0.1) is 10.2 Å². The quantitative estimate of drug-likeness (QED) is 0.764. The number of benzene rings is 2. The molecule has 2 aromatic carbocycles. The molecule has 0 aliphatic rings. The van der Waals surface area contributed by atoms with E-state index in [4.69, 9.17) is 4.42 Å². The van der Waals surface area contributed by atoms with Crippen LogP contribution in [0.3, 0.4) is 0 Å². The van der Waals surface area contributed by atoms with E-state index in [-0.39, 0.29) is 36.1 Å². The summed E-state index contributed by atoms with van der Waals surface area (Å²) in [5, 5.41) is 10.1. The lowest BCUT2D eigenvalue weighted by Gasteiger charge is -2.04. The molecule has 0 bridgehead atoms. The van der Waals surface area contributed by atoms with Crippen LogP contribution in [-0.4, -0.2) is 16.1 Å². The third-order valence-electron chi connectivity index (χ3n) is 3.33. The second kappa shape index (κ2) is 7.16. The van der Waals surface area contributed by atoms with E-state index in [0.717, 1.165) is 12.1 Å². The van der Waals surface area contributed by atoms with Gasteiger partial charge in [0.25, 0.3) is 0 Å². The number of rotatable bonds is 5. The first-order valence-electron chi connectivity index (χ1n) is 7.34. The molecule has 1 heterocycles. The Bertz CT molecular complexity index is 894. The van der Waals surface area contributed by atoms with Crippen LogP contribution in [0.1, 0.15) is 12.3 Å². The van der Waals surface area contributed by atoms with Crippen molar-refractivity contribution in [2.24, 2.45) is 0 Å². The summed E-state index contributed by atoms with van der Waals surface area (Å²) in [6.07, 6.45) is 0.188. The van der Waals surface area contributed by atoms with Crippen LogP contribution in [0, 0.1) is 17.5 Å². The number of nitrogens with zero attached hydrogens (tertiary/aromatic N) is 2. The van der Waals surface area contributed by atoms with Gasteiger partial charge in [-0.05, 0) is 36.4 Å². The minimum atomic E-state index is -1.04. The Morgan fingerprint density at radius 2 is 1.76 bits per heavy atom. The van der Waals surface area contributed by atoms with Crippen molar-refractivity contribution in [1.29, 1.82) is 0 Å². The maximum absolute atomic E-state index is 13.1. The summed E-state index contributed by atoms with van der Waals surface area (Å²) in [4.78, 5) is 11.8. The van der Waals surface area contributed by atoms with Crippen LogP contribution in [0.4, 0.5) is 18.9 Å². The van der Waals surface area contributed by atoms with Crippen molar-refractivity contribution in [2.45, 2.75) is 12.8 Å². The molecule has 1 amide bonds. The third-order valence-corrected chi connectivity index (χ3v) is 3.33. The van der Waals surface area contributed by atoms with E-state index in [1.165, 1.54) is 30.3 Å². The van der Waals surface area contributed by atoms with Crippen molar-refractivity contribution in [3.05, 3.63) is 65.8 Å². The van der Waals surface area contributed by atoms with E-state index in [1.54, 1.807) is 0 Å². The molecule has 0 saturated heterocycles. The second-order valence-corrected chi connectivity index (χ2v) is 5.18. The minimum Gasteiger partial charge on any atom is -0.421 e. The smallest absolute Gasteiger partial charge is 0.247 e. The van der Waals surface area contributed by atoms with E-state index >= 15 is 0 Å². The van der Waals surface area contributed by atoms with Crippen LogP contribution in [0.25, 0.3) is 11.5 Å². The Kier molecular flexibility index (Phi) is 4.78. The number of aromatic nitrogens is 2. The monoisotopic (exact) mass is 347 g/mol. The molecule has 0 spiro atoms. The van der Waals surface area contributed by atoms with Gasteiger partial charge in [-0.25, -0.2) is 13.2 Å². The molecule has 0 fully saturated rings. The van der Waals surface area contributed by atoms with Crippen LogP contribution < -0.4 is 5.32 Å². The van der Waals surface area contributed by atoms with E-state index in [0.29, 0.717) is 5.56 Å². The number of nitrogens with one attached hydrogen (secondary N) is 1. The fourth-order valence-corrected chi connectivity index (χ4v) is 2.08. The molecular weight excluding hydrogens is 335 g/mol. The first-order chi connectivity index (χ1) is 12.0. The van der Waals surface area contributed by atoms with Gasteiger partial charge in [0.2, 0.25) is 17.7 Å². The maximum atomic E-state index is 13.1. The fourth-order valence-electron chi connectivity index (χ4n) is 2.08. The average Bonchev–Trinajstić information content (AvgIpc) is 3.06. The molecule has 0 radical (unpaired) electrons. The highest BCUT2D eigenvalue weighted by atomic mass is 19.2. The minimum absolute atomic E-state index is 0.0179. The van der Waals surface area contributed by atoms with E-state index in [9.17, 15) is 18.0 Å². The van der Waals surface area contributed by atoms with Crippen LogP contribution in [-0.2, 0) is 11.2 Å². The van der Waals surface area contributed by atoms with Gasteiger partial charge in [-0.1, -0.05) is 0 Å². The second-order valence-electron chi connectivity index (χ2n) is 5.18. The molecule has 5 nitrogen and oxygen atoms in total. The average molecular weight is 347 g/mol. The van der Waals surface area contributed by atoms with Gasteiger partial charge >= 0.3 is 0 Å². The first kappa shape index (κ1) is 16.7. The van der Waals surface area contributed by atoms with Crippen molar-refractivity contribution in [1.82, 2.24) is 10.2 Å². The molecule has 8 heteroatoms. The highest BCUT2D eigenvalue weighted by molar-refractivity contribution is 5.90. The van der Waals surface area contributed by atoms with Crippen LogP contribution in [0.2, 0.25) is 0 Å². The van der Waals surface area contributed by atoms with Crippen molar-refractivity contribution in [3.63, 3.8) is 0 Å². The Labute approximate surface area is 140 Å². The molecule has 0 aliphatic heterocycles. The van der Waals surface area contributed by atoms with Crippen molar-refractivity contribution < 1.29 is 22.4 Å². The molecular formula is C17H12F3N3O2. The molecule has 1 aromatic heterocycles. The Morgan fingerprint density at radius 1 is 1.00 bits per heavy atom. The van der Waals surface area contributed by atoms with Gasteiger partial charge in [0.05, 0.1) is 0 Å². The van der Waals surface area contributed by atoms with Crippen molar-refractivity contribution >= 4 is 11.6 Å². The first-order valence-corrected chi connectivity index (χ1v) is 7.34. The number of amides is 1. The molecule has 25 heavy (non-hydrogen) atoms. The van der Waals surface area contributed by atoms with Gasteiger partial charge in [0.1, 0.15) is 5.82 Å². The number of hydrogen-bond acceptors (Lipinski definition) is 4. The topological polar surface area (TPSA) is 68.0 Å². The fraction of sp³-hybridized carbons (Fsp3) is 0.118. The number of halogens is 3. The molecule has 0 aliphatic carbocycles. The van der Waals surface area contributed by atoms with Gasteiger partial charge in [-0.2, -0.15) is 0 Å². The van der Waals surface area contributed by atoms with Gasteiger partial charge in [-0.3, -0.25) is 4.79 Å². The third kappa shape index (κ3) is 4.23. The number of carbonyl (C=O) groups is 1. The summed E-state index contributed by atoms with van der Waals surface area (Å²) in [6, 6.07) is 8.63. The molecule has 128 valence electrons. The lowest BCUT2D eigenvalue weighted by molar-refractivity contribution is -0.116. The maximum Gasteiger partial charge on any atom is 0.247 e. The number of aryl methyl sites for hydroxylation is 1. The predicted molar refractivity (Wildman–Crippen MR) is 83.0 cm³/mol. The van der Waals surface area contributed by atoms with Gasteiger partial charge in [0.15, 0.2) is 11.6 Å². The van der Waals surface area contributed by atoms with Gasteiger partial charge < -0.3 is 9.73 Å². The lowest BCUT2D eigenvalue weighted by Crippen LogP contribution is -2.12. The van der Waals surface area contributed by atoms with Crippen LogP contribution >= 0.6 is 0 Å². The van der Waals surface area contributed by atoms with Gasteiger partial charge in [0, 0.05) is 30.2 Å². The largest absolute Gasteiger partial charge is 0.421 e. The Morgan fingerprint density at radius 3 is 2.48 bits per heavy atom. The Balaban J connectivity index is 1.57. The standard InChI is InChI=1S/C17H12F3N3O2/c18-11-3-1-10(2-4-11)17-23-22-16(25-17)8-7-15(24)21-12-5-6-13(19)14(20)9-12/h1-6,9H,7-8H2,(H,21,24). The van der Waals surface area contributed by atoms with Crippen molar-refractivity contribution in [2.75, 3.05) is 5.32 Å². The summed E-state index contributed by atoms with van der Waals surface area (Å²) >= 11 is 0. The summed E-state index contributed by atoms with van der Waals surface area (Å²) in [5.41, 5.74) is 0.716. The molecule has 1 N–H and O–H groups in total. The SMILES string of the molecule is O=C(CCc1nnc(-c2ccc(F)cc2)o1)Nc1ccc(F)c(F)c1. The summed E-state index contributed by atoms with van der Waals surface area (Å²) in [5.74, 6) is -2.36. The van der Waals surface area contributed by atoms with E-state index in [2.05, 4.69) is 15.5 Å². The summed E-state index contributed by atoms with van der Waals surface area (Å²) in [7, 11) is 0. The molecule has 0 saturated carbocycles. The predicted octanol–water partition coefficient (Wildman–Crippen LogP) is 3.73. The molecule has 0 unspecified atom stereocenters. The number of anilines is 1. The zero-order valence-corrected chi connectivity index (χ0v) is 12.8. The molecule has 0 atom stereocenters. The van der Waals surface area contributed by atoms with Crippen LogP contribution in [0.5, 0.6) is 0 Å². The lowest BCUT2D eigenvalue weighted by atomic mass is 10.2. The van der Waals surface area contributed by atoms with E-state index in [1.807, 2.05) is 0 Å². The molecule has 3 rings (SSSR count). The number of carbonyl (C=O) groups excluding carboxylic acids is 1. The zero-order valence-electron chi connectivity index (χ0n) is 12.8. The Hall–Kier alpha value is -3.16. The summed E-state index contributed by atoms with van der Waals surface area (Å²) in [6.45, 7) is 0. The highest BCUT2D eigenvalue weighted by Crippen LogP contribution is 2.19. The van der Waals surface area contributed by atoms with Crippen molar-refractivity contribution in [3.8, 4) is 11.5 Å². The summed E-state index contributed by atoms with van der Waals surface area (Å²) < 4.78 is 44.2. The zero-order chi connectivity index (χ0) is 17.8.